The smallest absolute Gasteiger partial charge is 0.337 e. The summed E-state index contributed by atoms with van der Waals surface area (Å²) in [7, 11) is 0. The Hall–Kier alpha value is 0.423. The Bertz CT molecular complexity index is 1210. The van der Waals surface area contributed by atoms with Crippen LogP contribution in [0, 0.1) is 105 Å². The first-order valence-electron chi connectivity index (χ1n) is 13.9. The first-order valence-corrected chi connectivity index (χ1v) is 13.9. The van der Waals surface area contributed by atoms with Gasteiger partial charge in [-0.15, -0.1) is 0 Å². The summed E-state index contributed by atoms with van der Waals surface area (Å²) in [6.07, 6.45) is -10.0. The number of carbonyl (C=O) groups is 4. The normalized spacial score (nSPS) is 40.1. The van der Waals surface area contributed by atoms with Crippen molar-refractivity contribution in [2.45, 2.75) is 108 Å². The molecule has 7 N–H and O–H groups in total. The van der Waals surface area contributed by atoms with Crippen LogP contribution in [0.3, 0.4) is 0 Å². The molecule has 2 radical (unpaired) electrons. The van der Waals surface area contributed by atoms with Crippen LogP contribution in [0.4, 0.5) is 0 Å². The minimum absolute atomic E-state index is 0. The molecular weight excluding hydrogens is 1010 g/mol. The van der Waals surface area contributed by atoms with E-state index >= 15 is 0 Å². The minimum Gasteiger partial charge on any atom is -0.459 e. The number of carbonyl (C=O) groups excluding carboxylic acids is 4. The van der Waals surface area contributed by atoms with Crippen LogP contribution in [-0.4, -0.2) is 121 Å². The Morgan fingerprint density at radius 1 is 1.09 bits per heavy atom. The van der Waals surface area contributed by atoms with Crippen LogP contribution >= 0.6 is 0 Å². The molecule has 0 aromatic heterocycles. The summed E-state index contributed by atoms with van der Waals surface area (Å²) < 4.78 is 16.8. The number of esters is 2. The van der Waals surface area contributed by atoms with Crippen molar-refractivity contribution in [3.8, 4) is 0 Å². The predicted molar refractivity (Wildman–Crippen MR) is 140 cm³/mol. The number of hydrogen-bond acceptors (Lipinski definition) is 13. The van der Waals surface area contributed by atoms with Crippen molar-refractivity contribution in [3.63, 3.8) is 0 Å². The largest absolute Gasteiger partial charge is 0.459 e. The molecule has 11 atom stereocenters. The molecule has 0 unspecified atom stereocenters. The second-order valence-corrected chi connectivity index (χ2v) is 12.8. The molecule has 0 spiro atoms. The molecule has 14 nitrogen and oxygen atoms in total. The van der Waals surface area contributed by atoms with Gasteiger partial charge in [-0.3, -0.25) is 14.4 Å². The number of Topliss-reactive ketones (excluding diaryl/α,β-unsaturated/α-hetero) is 1. The van der Waals surface area contributed by atoms with Crippen LogP contribution in [0.2, 0.25) is 0 Å². The molecule has 2 saturated carbocycles. The third-order valence-electron chi connectivity index (χ3n) is 10.1. The third-order valence-corrected chi connectivity index (χ3v) is 10.1. The van der Waals surface area contributed by atoms with Crippen molar-refractivity contribution < 1.29 is 152 Å². The fourth-order valence-corrected chi connectivity index (χ4v) is 7.66. The number of aliphatic hydroxyl groups excluding tert-OH is 4. The molecule has 3 fully saturated rings. The summed E-state index contributed by atoms with van der Waals surface area (Å²) in [5.41, 5.74) is -7.37. The standard InChI is InChI=1S/C28H41NO13.2Ac/c1-11-15(42-24(37)19(34)14(9-30)29-12(2)31)8-28(39)23(41-13(3)32)21-26(6,16(33)7-17-27(21,38)10-40-17)22(36)20(35)18(11)25(28,4)5;;/h14-17,19-21,23,30,33-35,38-39H,7-10H2,1-6H3,(H,29,31);;/t14-,15-,16-,17+,19+,20+,21-,23-,26+,27-,28+;;/m0../s1. The van der Waals surface area contributed by atoms with Gasteiger partial charge in [0.15, 0.2) is 11.9 Å². The Kier molecular flexibility index (Phi) is 13.0. The Balaban J connectivity index is 0.00000337. The van der Waals surface area contributed by atoms with Gasteiger partial charge in [0.25, 0.3) is 0 Å². The van der Waals surface area contributed by atoms with Crippen molar-refractivity contribution in [2.24, 2.45) is 16.7 Å². The van der Waals surface area contributed by atoms with Gasteiger partial charge in [-0.05, 0) is 25.0 Å². The van der Waals surface area contributed by atoms with Crippen LogP contribution < -0.4 is 5.32 Å². The van der Waals surface area contributed by atoms with Crippen molar-refractivity contribution >= 4 is 23.6 Å². The number of hydrogen-bond donors (Lipinski definition) is 7. The summed E-state index contributed by atoms with van der Waals surface area (Å²) in [4.78, 5) is 51.2. The van der Waals surface area contributed by atoms with E-state index in [1.165, 1.54) is 27.7 Å². The number of ketones is 1. The van der Waals surface area contributed by atoms with E-state index < -0.39 is 107 Å². The van der Waals surface area contributed by atoms with Crippen molar-refractivity contribution in [2.75, 3.05) is 13.2 Å². The Morgan fingerprint density at radius 2 is 1.68 bits per heavy atom. The molecule has 0 aromatic rings. The van der Waals surface area contributed by atoms with Crippen LogP contribution in [0.5, 0.6) is 0 Å². The number of nitrogens with one attached hydrogen (secondary N) is 1. The maximum atomic E-state index is 14.2. The number of ether oxygens (including phenoxy) is 3. The molecule has 4 aliphatic rings. The van der Waals surface area contributed by atoms with Gasteiger partial charge in [0.05, 0.1) is 36.9 Å². The first-order chi connectivity index (χ1) is 19.3. The van der Waals surface area contributed by atoms with Crippen molar-refractivity contribution in [1.82, 2.24) is 5.32 Å². The van der Waals surface area contributed by atoms with Gasteiger partial charge < -0.3 is 50.2 Å². The van der Waals surface area contributed by atoms with Gasteiger partial charge in [-0.25, -0.2) is 4.79 Å². The molecule has 16 heteroatoms. The van der Waals surface area contributed by atoms with Gasteiger partial charge in [-0.1, -0.05) is 13.8 Å². The van der Waals surface area contributed by atoms with E-state index in [9.17, 15) is 49.8 Å². The number of fused-ring (bicyclic) bond motifs is 5. The molecule has 1 amide bonds. The van der Waals surface area contributed by atoms with Crippen LogP contribution in [0.15, 0.2) is 11.1 Å². The van der Waals surface area contributed by atoms with E-state index in [4.69, 9.17) is 14.2 Å². The maximum absolute atomic E-state index is 14.2. The molecule has 1 aliphatic heterocycles. The molecule has 1 heterocycles. The van der Waals surface area contributed by atoms with Gasteiger partial charge in [0, 0.05) is 126 Å². The zero-order chi connectivity index (χ0) is 31.7. The monoisotopic (exact) mass is 1050 g/mol. The van der Waals surface area contributed by atoms with Crippen LogP contribution in [-0.2, 0) is 33.4 Å². The van der Waals surface area contributed by atoms with Crippen molar-refractivity contribution in [1.29, 1.82) is 0 Å². The summed E-state index contributed by atoms with van der Waals surface area (Å²) in [6.45, 7) is 6.97. The maximum Gasteiger partial charge on any atom is 0.337 e. The van der Waals surface area contributed by atoms with Gasteiger partial charge in [0.2, 0.25) is 5.91 Å². The van der Waals surface area contributed by atoms with Gasteiger partial charge in [0.1, 0.15) is 29.5 Å². The summed E-state index contributed by atoms with van der Waals surface area (Å²) in [6, 6.07) is -1.41. The summed E-state index contributed by atoms with van der Waals surface area (Å²) in [5, 5.41) is 69.7. The Morgan fingerprint density at radius 3 is 2.16 bits per heavy atom. The first kappa shape index (κ1) is 40.6. The average molecular weight is 1050 g/mol. The average Bonchev–Trinajstić information content (AvgIpc) is 2.89. The van der Waals surface area contributed by atoms with E-state index in [-0.39, 0.29) is 112 Å². The topological polar surface area (TPSA) is 229 Å². The van der Waals surface area contributed by atoms with Crippen LogP contribution in [0.1, 0.15) is 54.4 Å². The molecule has 1 saturated heterocycles. The second kappa shape index (κ2) is 14.1. The zero-order valence-electron chi connectivity index (χ0n) is 25.6. The number of rotatable bonds is 6. The van der Waals surface area contributed by atoms with Gasteiger partial charge in [-0.2, -0.15) is 0 Å². The second-order valence-electron chi connectivity index (χ2n) is 12.8. The SMILES string of the molecule is CC(=O)N[C@@H](CO)[C@@H](O)C(=O)O[C@H]1C[C@@]2(O)[C@@H](OC(C)=O)[C@@H]3[C@]4(O)CO[C@@H]4C[C@H](O)[C@@]3(C)C(=O)[C@H](O)C(=C1C)C2(C)C.[Ac].[Ac]. The van der Waals surface area contributed by atoms with Crippen LogP contribution in [0.25, 0.3) is 0 Å². The van der Waals surface area contributed by atoms with Crippen molar-refractivity contribution in [3.05, 3.63) is 11.1 Å². The molecular formula is C28H41Ac2NO13. The quantitative estimate of drug-likeness (QED) is 0.109. The Labute approximate surface area is 326 Å². The fourth-order valence-electron chi connectivity index (χ4n) is 7.66. The molecule has 44 heavy (non-hydrogen) atoms. The molecule has 3 aliphatic carbocycles. The summed E-state index contributed by atoms with van der Waals surface area (Å²) in [5.74, 6) is -5.12. The number of aliphatic hydroxyl groups is 6. The third kappa shape index (κ3) is 6.19. The van der Waals surface area contributed by atoms with E-state index in [0.717, 1.165) is 13.8 Å². The van der Waals surface area contributed by atoms with E-state index in [0.29, 0.717) is 0 Å². The summed E-state index contributed by atoms with van der Waals surface area (Å²) >= 11 is 0. The number of amides is 1. The predicted octanol–water partition coefficient (Wildman–Crippen LogP) is -2.37. The van der Waals surface area contributed by atoms with E-state index in [1.54, 1.807) is 0 Å². The molecule has 0 aromatic carbocycles. The van der Waals surface area contributed by atoms with E-state index in [2.05, 4.69) is 5.32 Å². The molecule has 4 rings (SSSR count). The molecule has 242 valence electrons. The zero-order valence-corrected chi connectivity index (χ0v) is 35.1. The van der Waals surface area contributed by atoms with Gasteiger partial charge >= 0.3 is 11.9 Å². The minimum atomic E-state index is -2.22. The van der Waals surface area contributed by atoms with E-state index in [1.807, 2.05) is 0 Å². The molecule has 2 bridgehead atoms. The fraction of sp³-hybridized carbons (Fsp3) is 0.786.